The van der Waals surface area contributed by atoms with Gasteiger partial charge in [-0.2, -0.15) is 20.1 Å². The van der Waals surface area contributed by atoms with Crippen LogP contribution in [0.25, 0.3) is 5.95 Å². The van der Waals surface area contributed by atoms with Crippen LogP contribution in [-0.2, 0) is 0 Å². The van der Waals surface area contributed by atoms with Crippen LogP contribution in [0.4, 0.5) is 5.95 Å². The molecule has 0 aliphatic heterocycles. The first-order valence-corrected chi connectivity index (χ1v) is 5.96. The summed E-state index contributed by atoms with van der Waals surface area (Å²) in [6.45, 7) is 6.27. The lowest BCUT2D eigenvalue weighted by molar-refractivity contribution is 0.750. The van der Waals surface area contributed by atoms with Gasteiger partial charge in [0.15, 0.2) is 5.16 Å². The minimum Gasteiger partial charge on any atom is -0.368 e. The third-order valence-corrected chi connectivity index (χ3v) is 2.70. The number of nitrogens with zero attached hydrogens (tertiary/aromatic N) is 5. The summed E-state index contributed by atoms with van der Waals surface area (Å²) in [6.07, 6.45) is 3.43. The molecule has 0 aromatic carbocycles. The topological polar surface area (TPSA) is 82.5 Å². The molecule has 2 N–H and O–H groups in total. The number of hydrogen-bond donors (Lipinski definition) is 1. The molecule has 2 heterocycles. The maximum Gasteiger partial charge on any atom is 0.256 e. The van der Waals surface area contributed by atoms with E-state index in [2.05, 4.69) is 40.8 Å². The van der Waals surface area contributed by atoms with E-state index < -0.39 is 0 Å². The molecule has 2 aromatic rings. The lowest BCUT2D eigenvalue weighted by atomic mass is 10.3. The highest BCUT2D eigenvalue weighted by atomic mass is 32.2. The first kappa shape index (κ1) is 11.8. The summed E-state index contributed by atoms with van der Waals surface area (Å²) in [4.78, 5) is 12.5. The Hall–Kier alpha value is -1.63. The second-order valence-electron chi connectivity index (χ2n) is 4.44. The molecule has 17 heavy (non-hydrogen) atoms. The molecule has 0 saturated carbocycles. The molecule has 0 amide bonds. The van der Waals surface area contributed by atoms with E-state index in [1.807, 2.05) is 0 Å². The number of nitrogen functional groups attached to an aromatic ring is 1. The Morgan fingerprint density at radius 3 is 2.59 bits per heavy atom. The fraction of sp³-hybridized carbons (Fsp3) is 0.400. The van der Waals surface area contributed by atoms with Gasteiger partial charge in [-0.1, -0.05) is 32.5 Å². The van der Waals surface area contributed by atoms with Crippen molar-refractivity contribution >= 4 is 17.7 Å². The van der Waals surface area contributed by atoms with Crippen molar-refractivity contribution in [2.45, 2.75) is 30.7 Å². The zero-order valence-electron chi connectivity index (χ0n) is 9.95. The molecule has 0 bridgehead atoms. The fourth-order valence-corrected chi connectivity index (χ4v) is 1.98. The Bertz CT molecular complexity index is 502. The number of hydrogen-bond acceptors (Lipinski definition) is 6. The number of rotatable bonds is 2. The van der Waals surface area contributed by atoms with Crippen LogP contribution in [0.2, 0.25) is 0 Å². The van der Waals surface area contributed by atoms with Crippen molar-refractivity contribution in [3.05, 3.63) is 18.5 Å². The van der Waals surface area contributed by atoms with Crippen LogP contribution in [0.3, 0.4) is 0 Å². The predicted molar refractivity (Wildman–Crippen MR) is 67.0 cm³/mol. The minimum atomic E-state index is 0.0230. The zero-order valence-corrected chi connectivity index (χ0v) is 10.8. The van der Waals surface area contributed by atoms with E-state index in [0.29, 0.717) is 11.1 Å². The summed E-state index contributed by atoms with van der Waals surface area (Å²) >= 11 is 1.54. The molecule has 0 aliphatic carbocycles. The largest absolute Gasteiger partial charge is 0.368 e. The molecule has 0 spiro atoms. The Kier molecular flexibility index (Phi) is 3.01. The molecule has 2 rings (SSSR count). The molecule has 0 atom stereocenters. The highest BCUT2D eigenvalue weighted by molar-refractivity contribution is 8.00. The molecule has 0 saturated heterocycles. The van der Waals surface area contributed by atoms with Crippen molar-refractivity contribution in [3.63, 3.8) is 0 Å². The maximum absolute atomic E-state index is 5.67. The third-order valence-electron chi connectivity index (χ3n) is 1.73. The molecular weight excluding hydrogens is 236 g/mol. The first-order chi connectivity index (χ1) is 7.94. The zero-order chi connectivity index (χ0) is 12.5. The predicted octanol–water partition coefficient (Wildman–Crippen LogP) is 1.53. The molecule has 90 valence electrons. The molecule has 0 radical (unpaired) electrons. The van der Waals surface area contributed by atoms with Gasteiger partial charge in [0.25, 0.3) is 5.95 Å². The van der Waals surface area contributed by atoms with Crippen molar-refractivity contribution in [2.24, 2.45) is 0 Å². The van der Waals surface area contributed by atoms with Crippen molar-refractivity contribution < 1.29 is 0 Å². The normalized spacial score (nSPS) is 11.7. The number of nitrogens with two attached hydrogens (primary N) is 1. The van der Waals surface area contributed by atoms with Gasteiger partial charge in [-0.25, -0.2) is 4.68 Å². The summed E-state index contributed by atoms with van der Waals surface area (Å²) in [5, 5.41) is 4.67. The molecule has 0 aliphatic rings. The fourth-order valence-electron chi connectivity index (χ4n) is 1.17. The van der Waals surface area contributed by atoms with E-state index in [1.54, 1.807) is 34.9 Å². The van der Waals surface area contributed by atoms with Crippen molar-refractivity contribution in [2.75, 3.05) is 5.73 Å². The summed E-state index contributed by atoms with van der Waals surface area (Å²) in [5.74, 6) is 0.645. The van der Waals surface area contributed by atoms with Crippen LogP contribution in [-0.4, -0.2) is 29.5 Å². The Morgan fingerprint density at radius 2 is 2.00 bits per heavy atom. The molecule has 0 fully saturated rings. The van der Waals surface area contributed by atoms with E-state index >= 15 is 0 Å². The first-order valence-electron chi connectivity index (χ1n) is 5.15. The quantitative estimate of drug-likeness (QED) is 0.814. The maximum atomic E-state index is 5.67. The van der Waals surface area contributed by atoms with Gasteiger partial charge in [0.05, 0.1) is 0 Å². The SMILES string of the molecule is CC(C)(C)Sc1nc(N)nc(-n2cccn2)n1. The van der Waals surface area contributed by atoms with E-state index in [1.165, 1.54) is 0 Å². The summed E-state index contributed by atoms with van der Waals surface area (Å²) < 4.78 is 1.58. The standard InChI is InChI=1S/C10H14N6S/c1-10(2,3)17-9-14-7(11)13-8(15-9)16-6-4-5-12-16/h4-6H,1-3H3,(H2,11,13,14,15). The summed E-state index contributed by atoms with van der Waals surface area (Å²) in [5.41, 5.74) is 5.67. The van der Waals surface area contributed by atoms with Crippen LogP contribution in [0.5, 0.6) is 0 Å². The van der Waals surface area contributed by atoms with Gasteiger partial charge in [-0.15, -0.1) is 0 Å². The van der Waals surface area contributed by atoms with Crippen molar-refractivity contribution in [1.82, 2.24) is 24.7 Å². The highest BCUT2D eigenvalue weighted by Crippen LogP contribution is 2.29. The van der Waals surface area contributed by atoms with Gasteiger partial charge in [0.2, 0.25) is 5.95 Å². The Balaban J connectivity index is 2.36. The van der Waals surface area contributed by atoms with Gasteiger partial charge in [-0.3, -0.25) is 0 Å². The average Bonchev–Trinajstić information content (AvgIpc) is 2.65. The Labute approximate surface area is 104 Å². The number of anilines is 1. The average molecular weight is 250 g/mol. The lowest BCUT2D eigenvalue weighted by Gasteiger charge is -2.16. The molecule has 7 heteroatoms. The van der Waals surface area contributed by atoms with Gasteiger partial charge in [-0.05, 0) is 6.07 Å². The monoisotopic (exact) mass is 250 g/mol. The number of thioether (sulfide) groups is 1. The summed E-state index contributed by atoms with van der Waals surface area (Å²) in [6, 6.07) is 1.80. The van der Waals surface area contributed by atoms with Crippen LogP contribution in [0, 0.1) is 0 Å². The smallest absolute Gasteiger partial charge is 0.256 e. The molecular formula is C10H14N6S. The van der Waals surface area contributed by atoms with Gasteiger partial charge in [0.1, 0.15) is 0 Å². The van der Waals surface area contributed by atoms with Crippen molar-refractivity contribution in [3.8, 4) is 5.95 Å². The van der Waals surface area contributed by atoms with Crippen LogP contribution in [0.1, 0.15) is 20.8 Å². The van der Waals surface area contributed by atoms with E-state index in [0.717, 1.165) is 0 Å². The number of aromatic nitrogens is 5. The lowest BCUT2D eigenvalue weighted by Crippen LogP contribution is -2.12. The van der Waals surface area contributed by atoms with E-state index in [-0.39, 0.29) is 10.7 Å². The van der Waals surface area contributed by atoms with Crippen LogP contribution in [0.15, 0.2) is 23.6 Å². The molecule has 2 aromatic heterocycles. The molecule has 0 unspecified atom stereocenters. The molecule has 6 nitrogen and oxygen atoms in total. The third kappa shape index (κ3) is 3.16. The highest BCUT2D eigenvalue weighted by Gasteiger charge is 2.16. The van der Waals surface area contributed by atoms with E-state index in [9.17, 15) is 0 Å². The Morgan fingerprint density at radius 1 is 1.24 bits per heavy atom. The second-order valence-corrected chi connectivity index (χ2v) is 6.24. The van der Waals surface area contributed by atoms with Crippen molar-refractivity contribution in [1.29, 1.82) is 0 Å². The van der Waals surface area contributed by atoms with E-state index in [4.69, 9.17) is 5.73 Å². The second kappa shape index (κ2) is 4.33. The van der Waals surface area contributed by atoms with Gasteiger partial charge < -0.3 is 5.73 Å². The van der Waals surface area contributed by atoms with Crippen LogP contribution < -0.4 is 5.73 Å². The van der Waals surface area contributed by atoms with Crippen LogP contribution >= 0.6 is 11.8 Å². The summed E-state index contributed by atoms with van der Waals surface area (Å²) in [7, 11) is 0. The van der Waals surface area contributed by atoms with Gasteiger partial charge >= 0.3 is 0 Å². The van der Waals surface area contributed by atoms with Gasteiger partial charge in [0, 0.05) is 17.1 Å². The minimum absolute atomic E-state index is 0.0230.